The number of imide groups is 1. The summed E-state index contributed by atoms with van der Waals surface area (Å²) in [5, 5.41) is 9.64. The Balaban J connectivity index is 1.85. The molecule has 0 radical (unpaired) electrons. The molecule has 0 fully saturated rings. The van der Waals surface area contributed by atoms with Gasteiger partial charge in [-0.2, -0.15) is 0 Å². The predicted octanol–water partition coefficient (Wildman–Crippen LogP) is 2.38. The van der Waals surface area contributed by atoms with Crippen molar-refractivity contribution in [2.24, 2.45) is 4.99 Å². The number of carbonyl (C=O) groups excluding carboxylic acids is 3. The van der Waals surface area contributed by atoms with Gasteiger partial charge in [-0.3, -0.25) is 24.3 Å². The summed E-state index contributed by atoms with van der Waals surface area (Å²) in [6.45, 7) is 1.76. The number of methoxy groups -OCH3 is 1. The van der Waals surface area contributed by atoms with Gasteiger partial charge in [-0.1, -0.05) is 18.2 Å². The highest BCUT2D eigenvalue weighted by molar-refractivity contribution is 6.23. The van der Waals surface area contributed by atoms with Crippen LogP contribution in [0.4, 0.5) is 0 Å². The standard InChI is InChI=1S/C23H24N2O6/c1-3-31-21(27)11-17(24-12-15-8-9-18(30-2)10-16(15)14-26)13-25-22(28)19-6-4-5-7-20(19)23(25)29/h4-10,26H,3,11-14H2,1-2H3. The first-order chi connectivity index (χ1) is 15.0. The number of ether oxygens (including phenoxy) is 2. The van der Waals surface area contributed by atoms with E-state index in [1.54, 1.807) is 49.4 Å². The van der Waals surface area contributed by atoms with E-state index in [0.29, 0.717) is 28.2 Å². The van der Waals surface area contributed by atoms with Crippen LogP contribution in [0.15, 0.2) is 47.5 Å². The maximum Gasteiger partial charge on any atom is 0.311 e. The molecule has 0 aliphatic carbocycles. The van der Waals surface area contributed by atoms with Crippen LogP contribution in [0.5, 0.6) is 5.75 Å². The smallest absolute Gasteiger partial charge is 0.311 e. The monoisotopic (exact) mass is 424 g/mol. The molecule has 1 N–H and O–H groups in total. The molecule has 1 aliphatic rings. The molecule has 0 spiro atoms. The molecule has 2 aromatic rings. The minimum absolute atomic E-state index is 0.115. The fraction of sp³-hybridized carbons (Fsp3) is 0.304. The first-order valence-corrected chi connectivity index (χ1v) is 9.88. The highest BCUT2D eigenvalue weighted by Crippen LogP contribution is 2.23. The van der Waals surface area contributed by atoms with Crippen molar-refractivity contribution in [2.75, 3.05) is 20.3 Å². The summed E-state index contributed by atoms with van der Waals surface area (Å²) in [6, 6.07) is 11.8. The summed E-state index contributed by atoms with van der Waals surface area (Å²) in [5.74, 6) is -0.722. The second-order valence-corrected chi connectivity index (χ2v) is 6.90. The topological polar surface area (TPSA) is 106 Å². The molecular formula is C23H24N2O6. The SMILES string of the molecule is CCOC(=O)CC(CN1C(=O)c2ccccc2C1=O)=NCc1ccc(OC)cc1CO. The molecule has 2 amide bonds. The van der Waals surface area contributed by atoms with Crippen LogP contribution in [0.25, 0.3) is 0 Å². The lowest BCUT2D eigenvalue weighted by Crippen LogP contribution is -2.36. The van der Waals surface area contributed by atoms with Gasteiger partial charge in [-0.05, 0) is 42.3 Å². The molecule has 0 unspecified atom stereocenters. The third kappa shape index (κ3) is 4.97. The van der Waals surface area contributed by atoms with E-state index in [0.717, 1.165) is 10.5 Å². The van der Waals surface area contributed by atoms with Crippen molar-refractivity contribution in [3.8, 4) is 5.75 Å². The number of carbonyl (C=O) groups is 3. The Labute approximate surface area is 180 Å². The summed E-state index contributed by atoms with van der Waals surface area (Å²) < 4.78 is 10.2. The Morgan fingerprint density at radius 3 is 2.32 bits per heavy atom. The van der Waals surface area contributed by atoms with E-state index in [-0.39, 0.29) is 32.7 Å². The Morgan fingerprint density at radius 1 is 1.06 bits per heavy atom. The van der Waals surface area contributed by atoms with E-state index in [9.17, 15) is 19.5 Å². The van der Waals surface area contributed by atoms with Crippen LogP contribution >= 0.6 is 0 Å². The van der Waals surface area contributed by atoms with E-state index in [2.05, 4.69) is 4.99 Å². The molecule has 3 rings (SSSR count). The van der Waals surface area contributed by atoms with Crippen LogP contribution in [-0.4, -0.2) is 53.8 Å². The molecule has 0 aromatic heterocycles. The van der Waals surface area contributed by atoms with Crippen molar-refractivity contribution in [2.45, 2.75) is 26.5 Å². The number of nitrogens with zero attached hydrogens (tertiary/aromatic N) is 2. The molecule has 1 heterocycles. The molecule has 8 heteroatoms. The number of rotatable bonds is 9. The van der Waals surface area contributed by atoms with Gasteiger partial charge < -0.3 is 14.6 Å². The summed E-state index contributed by atoms with van der Waals surface area (Å²) in [4.78, 5) is 43.0. The zero-order valence-electron chi connectivity index (χ0n) is 17.5. The van der Waals surface area contributed by atoms with Crippen LogP contribution in [-0.2, 0) is 22.7 Å². The molecule has 31 heavy (non-hydrogen) atoms. The lowest BCUT2D eigenvalue weighted by molar-refractivity contribution is -0.141. The lowest BCUT2D eigenvalue weighted by atomic mass is 10.1. The number of fused-ring (bicyclic) bond motifs is 1. The zero-order chi connectivity index (χ0) is 22.4. The van der Waals surface area contributed by atoms with E-state index in [1.807, 2.05) is 0 Å². The van der Waals surface area contributed by atoms with Crippen molar-refractivity contribution in [1.82, 2.24) is 4.90 Å². The largest absolute Gasteiger partial charge is 0.497 e. The van der Waals surface area contributed by atoms with Gasteiger partial charge in [0.1, 0.15) is 5.75 Å². The van der Waals surface area contributed by atoms with E-state index < -0.39 is 17.8 Å². The van der Waals surface area contributed by atoms with Crippen molar-refractivity contribution in [1.29, 1.82) is 0 Å². The van der Waals surface area contributed by atoms with Crippen molar-refractivity contribution < 1.29 is 29.0 Å². The van der Waals surface area contributed by atoms with Gasteiger partial charge in [0, 0.05) is 5.71 Å². The molecule has 1 aliphatic heterocycles. The van der Waals surface area contributed by atoms with Crippen LogP contribution in [0.1, 0.15) is 45.2 Å². The molecular weight excluding hydrogens is 400 g/mol. The number of esters is 1. The lowest BCUT2D eigenvalue weighted by Gasteiger charge is -2.16. The molecule has 162 valence electrons. The Kier molecular flexibility index (Phi) is 7.15. The van der Waals surface area contributed by atoms with Gasteiger partial charge in [0.05, 0.1) is 51.0 Å². The van der Waals surface area contributed by atoms with Crippen LogP contribution in [0, 0.1) is 0 Å². The van der Waals surface area contributed by atoms with Gasteiger partial charge in [-0.15, -0.1) is 0 Å². The van der Waals surface area contributed by atoms with Gasteiger partial charge >= 0.3 is 5.97 Å². The highest BCUT2D eigenvalue weighted by atomic mass is 16.5. The van der Waals surface area contributed by atoms with E-state index >= 15 is 0 Å². The van der Waals surface area contributed by atoms with Crippen LogP contribution < -0.4 is 4.74 Å². The highest BCUT2D eigenvalue weighted by Gasteiger charge is 2.35. The molecule has 0 atom stereocenters. The molecule has 0 saturated heterocycles. The number of aliphatic hydroxyl groups excluding tert-OH is 1. The van der Waals surface area contributed by atoms with Gasteiger partial charge in [0.25, 0.3) is 11.8 Å². The Morgan fingerprint density at radius 2 is 1.74 bits per heavy atom. The van der Waals surface area contributed by atoms with Gasteiger partial charge in [-0.25, -0.2) is 0 Å². The molecule has 0 saturated carbocycles. The first kappa shape index (κ1) is 22.2. The predicted molar refractivity (Wildman–Crippen MR) is 113 cm³/mol. The fourth-order valence-corrected chi connectivity index (χ4v) is 3.33. The van der Waals surface area contributed by atoms with Gasteiger partial charge in [0.2, 0.25) is 0 Å². The number of aliphatic hydroxyl groups is 1. The average molecular weight is 424 g/mol. The third-order valence-corrected chi connectivity index (χ3v) is 4.93. The van der Waals surface area contributed by atoms with Crippen LogP contribution in [0.2, 0.25) is 0 Å². The zero-order valence-corrected chi connectivity index (χ0v) is 17.5. The molecule has 0 bridgehead atoms. The number of amides is 2. The normalized spacial score (nSPS) is 13.4. The second kappa shape index (κ2) is 9.99. The maximum absolute atomic E-state index is 12.7. The number of aliphatic imine (C=N–C) groups is 1. The fourth-order valence-electron chi connectivity index (χ4n) is 3.33. The summed E-state index contributed by atoms with van der Waals surface area (Å²) in [6.07, 6.45) is -0.147. The van der Waals surface area contributed by atoms with E-state index in [4.69, 9.17) is 9.47 Å². The summed E-state index contributed by atoms with van der Waals surface area (Å²) in [5.41, 5.74) is 2.39. The summed E-state index contributed by atoms with van der Waals surface area (Å²) >= 11 is 0. The molecule has 8 nitrogen and oxygen atoms in total. The molecule has 2 aromatic carbocycles. The van der Waals surface area contributed by atoms with Crippen molar-refractivity contribution in [3.05, 3.63) is 64.7 Å². The van der Waals surface area contributed by atoms with Crippen molar-refractivity contribution in [3.63, 3.8) is 0 Å². The van der Waals surface area contributed by atoms with Gasteiger partial charge in [0.15, 0.2) is 0 Å². The minimum Gasteiger partial charge on any atom is -0.497 e. The van der Waals surface area contributed by atoms with E-state index in [1.165, 1.54) is 7.11 Å². The van der Waals surface area contributed by atoms with Crippen LogP contribution in [0.3, 0.4) is 0 Å². The summed E-state index contributed by atoms with van der Waals surface area (Å²) in [7, 11) is 1.54. The van der Waals surface area contributed by atoms with Crippen molar-refractivity contribution >= 4 is 23.5 Å². The second-order valence-electron chi connectivity index (χ2n) is 6.90. The first-order valence-electron chi connectivity index (χ1n) is 9.88. The average Bonchev–Trinajstić information content (AvgIpc) is 3.02. The number of benzene rings is 2. The maximum atomic E-state index is 12.7. The third-order valence-electron chi connectivity index (χ3n) is 4.93. The number of hydrogen-bond acceptors (Lipinski definition) is 7. The Bertz CT molecular complexity index is 995. The minimum atomic E-state index is -0.491. The number of hydrogen-bond donors (Lipinski definition) is 1. The quantitative estimate of drug-likeness (QED) is 0.376. The Hall–Kier alpha value is -3.52.